The molecule has 10 rings (SSSR count). The van der Waals surface area contributed by atoms with Crippen LogP contribution < -0.4 is 9.47 Å². The fourth-order valence-corrected chi connectivity index (χ4v) is 13.5. The van der Waals surface area contributed by atoms with Gasteiger partial charge in [0, 0.05) is 158 Å². The molecule has 2 atom stereocenters. The molecular weight excluding hydrogens is 1450 g/mol. The number of methoxy groups -OCH3 is 8. The van der Waals surface area contributed by atoms with Crippen molar-refractivity contribution in [3.8, 4) is 46.0 Å². The highest BCUT2D eigenvalue weighted by Crippen LogP contribution is 2.45. The first-order valence-electron chi connectivity index (χ1n) is 36.7. The molecule has 0 radical (unpaired) electrons. The second-order valence-corrected chi connectivity index (χ2v) is 29.6. The smallest absolute Gasteiger partial charge is 0.347 e. The predicted molar refractivity (Wildman–Crippen MR) is 426 cm³/mol. The third-order valence-electron chi connectivity index (χ3n) is 20.4. The van der Waals surface area contributed by atoms with E-state index in [2.05, 4.69) is 41.5 Å². The SMILES string of the molecule is CC(C)(c1cc(CO)c(O)c(CO)c1)c1cc(CO)c(O)c(CO)c1.CC(C)(c1ccc(O)cc1)c1ccc(O)cc1.COCc1cc(C(C)(C)c2cc(COC)c(O)c(COC)c2)cc(COC)c1O.COCc1cc(C(C)(C)c2cc(COC)c(OC3CCOC3=O)c(COC)c2)cc(COC)c1OC1CCOC1=O.[CH3-]. The first-order valence-corrected chi connectivity index (χ1v) is 36.7. The Kier molecular flexibility index (Phi) is 34.5. The van der Waals surface area contributed by atoms with Gasteiger partial charge >= 0.3 is 11.9 Å². The summed E-state index contributed by atoms with van der Waals surface area (Å²) in [5, 5.41) is 97.6. The highest BCUT2D eigenvalue weighted by molar-refractivity contribution is 5.77. The van der Waals surface area contributed by atoms with Crippen molar-refractivity contribution < 1.29 is 117 Å². The van der Waals surface area contributed by atoms with Crippen LogP contribution in [-0.2, 0) is 158 Å². The third kappa shape index (κ3) is 22.6. The van der Waals surface area contributed by atoms with E-state index in [0.29, 0.717) is 108 Å². The van der Waals surface area contributed by atoms with E-state index in [1.807, 2.05) is 86.6 Å². The maximum atomic E-state index is 12.2. The largest absolute Gasteiger partial charge is 0.508 e. The number of benzene rings is 8. The Balaban J connectivity index is 0.000000245. The Bertz CT molecular complexity index is 4000. The Labute approximate surface area is 663 Å². The van der Waals surface area contributed by atoms with Gasteiger partial charge in [-0.25, -0.2) is 9.59 Å². The monoisotopic (exact) mass is 1570 g/mol. The van der Waals surface area contributed by atoms with Crippen LogP contribution >= 0.6 is 0 Å². The number of cyclic esters (lactones) is 2. The number of esters is 2. The molecule has 0 aromatic heterocycles. The molecule has 2 aliphatic rings. The maximum Gasteiger partial charge on any atom is 0.347 e. The predicted octanol–water partition coefficient (Wildman–Crippen LogP) is 13.3. The molecule has 24 heteroatoms. The zero-order chi connectivity index (χ0) is 82.4. The molecule has 0 aliphatic carbocycles. The van der Waals surface area contributed by atoms with Gasteiger partial charge < -0.3 is 115 Å². The zero-order valence-electron chi connectivity index (χ0n) is 68.2. The molecule has 0 spiro atoms. The summed E-state index contributed by atoms with van der Waals surface area (Å²) >= 11 is 0. The van der Waals surface area contributed by atoms with Crippen molar-refractivity contribution in [1.29, 1.82) is 0 Å². The summed E-state index contributed by atoms with van der Waals surface area (Å²) in [6.07, 6.45) is -0.360. The number of carbonyl (C=O) groups is 2. The van der Waals surface area contributed by atoms with E-state index >= 15 is 0 Å². The average Bonchev–Trinajstić information content (AvgIpc) is 1.25. The number of ether oxygens (including phenoxy) is 12. The second-order valence-electron chi connectivity index (χ2n) is 29.6. The van der Waals surface area contributed by atoms with Gasteiger partial charge in [0.15, 0.2) is 12.2 Å². The van der Waals surface area contributed by atoms with Crippen LogP contribution in [0.15, 0.2) is 121 Å². The summed E-state index contributed by atoms with van der Waals surface area (Å²) < 4.78 is 65.8. The molecule has 8 aromatic carbocycles. The van der Waals surface area contributed by atoms with Gasteiger partial charge in [0.2, 0.25) is 0 Å². The topological polar surface area (TPSA) is 347 Å². The number of hydrogen-bond donors (Lipinski definition) is 10. The standard InChI is InChI=1S/C31H40O10.C23H32O6.C19H24O6.C15H16O2.CH3/c1-31(2,23-11-19(15-34-3)27(20(12-23)16-35-4)40-25-7-9-38-29(25)32)24-13-21(17-36-5)28(22(14-24)18-37-6)41-26-8-10-39-30(26)33;1-23(2,19-7-15(11-26-3)21(24)16(8-19)12-27-4)20-9-17(13-28-5)22(25)18(10-20)14-29-6;1-19(2,15-3-11(7-20)17(24)12(4-15)8-21)16-5-13(9-22)18(25)14(6-16)10-23;1-15(2,11-3-7-13(16)8-4-11)12-5-9-14(17)10-6-12;/h11-14,25-26H,7-10,15-18H2,1-6H3;7-10,24-25H,11-14H2,1-6H3;3-6,20-25H,7-10H2,1-2H3;3-10,16-17H,1-2H3;1H3/q;;;;-1. The van der Waals surface area contributed by atoms with Crippen LogP contribution in [0, 0.1) is 7.43 Å². The fraction of sp³-hybridized carbons (Fsp3) is 0.427. The van der Waals surface area contributed by atoms with Crippen molar-refractivity contribution in [2.75, 3.05) is 70.1 Å². The molecular formula is C89H115O24-. The number of rotatable bonds is 32. The van der Waals surface area contributed by atoms with Crippen LogP contribution in [-0.4, -0.2) is 145 Å². The molecule has 0 bridgehead atoms. The van der Waals surface area contributed by atoms with Crippen LogP contribution in [0.4, 0.5) is 0 Å². The van der Waals surface area contributed by atoms with E-state index < -0.39 is 28.5 Å². The fourth-order valence-electron chi connectivity index (χ4n) is 13.5. The summed E-state index contributed by atoms with van der Waals surface area (Å²) in [5.41, 5.74) is 13.3. The van der Waals surface area contributed by atoms with E-state index in [-0.39, 0.29) is 112 Å². The first-order chi connectivity index (χ1) is 53.3. The molecule has 2 unspecified atom stereocenters. The van der Waals surface area contributed by atoms with Crippen molar-refractivity contribution in [3.05, 3.63) is 240 Å². The molecule has 2 saturated heterocycles. The second kappa shape index (κ2) is 42.1. The maximum absolute atomic E-state index is 12.2. The van der Waals surface area contributed by atoms with Crippen LogP contribution in [0.25, 0.3) is 0 Å². The minimum Gasteiger partial charge on any atom is -0.508 e. The summed E-state index contributed by atoms with van der Waals surface area (Å²) in [6, 6.07) is 37.0. The molecule has 2 aliphatic heterocycles. The molecule has 2 heterocycles. The molecule has 8 aromatic rings. The van der Waals surface area contributed by atoms with Gasteiger partial charge in [-0.15, -0.1) is 0 Å². The Morgan fingerprint density at radius 2 is 0.487 bits per heavy atom. The van der Waals surface area contributed by atoms with Crippen molar-refractivity contribution >= 4 is 11.9 Å². The highest BCUT2D eigenvalue weighted by atomic mass is 16.6. The van der Waals surface area contributed by atoms with Crippen LogP contribution in [0.5, 0.6) is 46.0 Å². The summed E-state index contributed by atoms with van der Waals surface area (Å²) in [5.74, 6) is 1.07. The van der Waals surface area contributed by atoms with E-state index in [4.69, 9.17) is 56.8 Å². The molecule has 113 heavy (non-hydrogen) atoms. The van der Waals surface area contributed by atoms with Crippen molar-refractivity contribution in [3.63, 3.8) is 0 Å². The van der Waals surface area contributed by atoms with Crippen LogP contribution in [0.2, 0.25) is 0 Å². The number of aliphatic hydroxyl groups excluding tert-OH is 4. The third-order valence-corrected chi connectivity index (χ3v) is 20.4. The lowest BCUT2D eigenvalue weighted by molar-refractivity contribution is -0.144. The van der Waals surface area contributed by atoms with E-state index in [0.717, 1.165) is 66.8 Å². The van der Waals surface area contributed by atoms with E-state index in [9.17, 15) is 60.7 Å². The first kappa shape index (κ1) is 92.5. The molecule has 616 valence electrons. The number of phenols is 6. The van der Waals surface area contributed by atoms with Gasteiger partial charge in [-0.2, -0.15) is 0 Å². The lowest BCUT2D eigenvalue weighted by atomic mass is 9.76. The quantitative estimate of drug-likeness (QED) is 0.0138. The number of hydrogen-bond acceptors (Lipinski definition) is 24. The van der Waals surface area contributed by atoms with E-state index in [1.54, 1.807) is 105 Å². The summed E-state index contributed by atoms with van der Waals surface area (Å²) in [4.78, 5) is 24.4. The molecule has 24 nitrogen and oxygen atoms in total. The van der Waals surface area contributed by atoms with Gasteiger partial charge in [0.1, 0.15) is 46.0 Å². The molecule has 2 fully saturated rings. The van der Waals surface area contributed by atoms with Crippen molar-refractivity contribution in [2.45, 2.75) is 181 Å². The normalized spacial score (nSPS) is 14.2. The number of phenolic OH excluding ortho intramolecular Hbond substituents is 4. The minimum absolute atomic E-state index is 0. The number of carbonyl (C=O) groups excluding carboxylic acids is 2. The van der Waals surface area contributed by atoms with Crippen molar-refractivity contribution in [1.82, 2.24) is 0 Å². The van der Waals surface area contributed by atoms with Gasteiger partial charge in [0.25, 0.3) is 0 Å². The molecule has 10 N–H and O–H groups in total. The lowest BCUT2D eigenvalue weighted by Gasteiger charge is -2.31. The molecule has 0 amide bonds. The van der Waals surface area contributed by atoms with Crippen molar-refractivity contribution in [2.24, 2.45) is 0 Å². The van der Waals surface area contributed by atoms with Gasteiger partial charge in [0.05, 0.1) is 92.5 Å². The average molecular weight is 1570 g/mol. The highest BCUT2D eigenvalue weighted by Gasteiger charge is 2.36. The zero-order valence-corrected chi connectivity index (χ0v) is 68.2. The lowest BCUT2D eigenvalue weighted by Crippen LogP contribution is -2.25. The van der Waals surface area contributed by atoms with Crippen LogP contribution in [0.1, 0.15) is 180 Å². The molecule has 0 saturated carbocycles. The van der Waals surface area contributed by atoms with Gasteiger partial charge in [-0.1, -0.05) is 79.7 Å². The summed E-state index contributed by atoms with van der Waals surface area (Å²) in [6.45, 7) is 18.0. The van der Waals surface area contributed by atoms with Gasteiger partial charge in [-0.05, 0) is 142 Å². The van der Waals surface area contributed by atoms with Crippen LogP contribution in [0.3, 0.4) is 0 Å². The Hall–Kier alpha value is -9.38. The van der Waals surface area contributed by atoms with Gasteiger partial charge in [-0.3, -0.25) is 0 Å². The Morgan fingerprint density at radius 3 is 0.681 bits per heavy atom. The summed E-state index contributed by atoms with van der Waals surface area (Å²) in [7, 11) is 12.9. The minimum atomic E-state index is -0.669. The Morgan fingerprint density at radius 1 is 0.301 bits per heavy atom. The number of aromatic hydroxyl groups is 6. The number of aliphatic hydroxyl groups is 4. The van der Waals surface area contributed by atoms with E-state index in [1.165, 1.54) is 0 Å².